The second-order valence-electron chi connectivity index (χ2n) is 7.23. The Labute approximate surface area is 174 Å². The molecule has 1 aliphatic rings. The van der Waals surface area contributed by atoms with E-state index in [1.807, 2.05) is 5.32 Å². The molecule has 2 heterocycles. The van der Waals surface area contributed by atoms with E-state index in [2.05, 4.69) is 22.6 Å². The maximum absolute atomic E-state index is 13.3. The molecular formula is C20H17F3N4O2S. The summed E-state index contributed by atoms with van der Waals surface area (Å²) in [6.07, 6.45) is -2.50. The summed E-state index contributed by atoms with van der Waals surface area (Å²) in [6, 6.07) is 4.98. The summed E-state index contributed by atoms with van der Waals surface area (Å²) < 4.78 is 45.0. The van der Waals surface area contributed by atoms with Crippen LogP contribution in [0.25, 0.3) is 22.4 Å². The highest BCUT2D eigenvalue weighted by atomic mass is 32.1. The van der Waals surface area contributed by atoms with Gasteiger partial charge in [0, 0.05) is 10.5 Å². The number of benzene rings is 1. The molecule has 1 aliphatic carbocycles. The minimum absolute atomic E-state index is 0.0944. The molecule has 0 radical (unpaired) electrons. The molecule has 1 unspecified atom stereocenters. The second kappa shape index (κ2) is 7.42. The minimum atomic E-state index is -4.57. The predicted molar refractivity (Wildman–Crippen MR) is 107 cm³/mol. The molecule has 6 nitrogen and oxygen atoms in total. The average molecular weight is 434 g/mol. The minimum Gasteiger partial charge on any atom is -0.443 e. The number of hydrogen-bond acceptors (Lipinski definition) is 6. The lowest BCUT2D eigenvalue weighted by Gasteiger charge is -2.21. The molecule has 1 aromatic carbocycles. The van der Waals surface area contributed by atoms with Gasteiger partial charge in [-0.1, -0.05) is 12.1 Å². The van der Waals surface area contributed by atoms with Crippen LogP contribution in [0.2, 0.25) is 0 Å². The Morgan fingerprint density at radius 2 is 2.10 bits per heavy atom. The summed E-state index contributed by atoms with van der Waals surface area (Å²) in [5.41, 5.74) is 1.95. The average Bonchev–Trinajstić information content (AvgIpc) is 3.41. The second-order valence-corrected chi connectivity index (χ2v) is 7.68. The van der Waals surface area contributed by atoms with E-state index in [-0.39, 0.29) is 10.6 Å². The van der Waals surface area contributed by atoms with Crippen molar-refractivity contribution in [3.8, 4) is 11.3 Å². The molecule has 4 rings (SSSR count). The number of alkyl halides is 3. The van der Waals surface area contributed by atoms with Crippen LogP contribution in [0.15, 0.2) is 40.0 Å². The topological polar surface area (TPSA) is 91.9 Å². The summed E-state index contributed by atoms with van der Waals surface area (Å²) in [7, 11) is 0. The normalized spacial score (nSPS) is 15.2. The van der Waals surface area contributed by atoms with Crippen LogP contribution in [-0.4, -0.2) is 33.8 Å². The quantitative estimate of drug-likeness (QED) is 0.412. The monoisotopic (exact) mass is 434 g/mol. The molecule has 0 spiro atoms. The van der Waals surface area contributed by atoms with E-state index in [0.717, 1.165) is 0 Å². The smallest absolute Gasteiger partial charge is 0.408 e. The zero-order chi connectivity index (χ0) is 21.6. The van der Waals surface area contributed by atoms with Crippen molar-refractivity contribution in [3.63, 3.8) is 0 Å². The lowest BCUT2D eigenvalue weighted by Crippen LogP contribution is -2.49. The Bertz CT molecular complexity index is 1150. The Morgan fingerprint density at radius 3 is 2.77 bits per heavy atom. The van der Waals surface area contributed by atoms with Gasteiger partial charge in [0.2, 0.25) is 0 Å². The maximum atomic E-state index is 13.3. The largest absolute Gasteiger partial charge is 0.443 e. The van der Waals surface area contributed by atoms with Crippen molar-refractivity contribution < 1.29 is 22.4 Å². The first kappa shape index (κ1) is 20.4. The van der Waals surface area contributed by atoms with Crippen LogP contribution in [0, 0.1) is 18.3 Å². The number of hydrogen-bond donors (Lipinski definition) is 3. The van der Waals surface area contributed by atoms with Gasteiger partial charge in [-0.2, -0.15) is 13.2 Å². The molecular weight excluding hydrogens is 417 g/mol. The summed E-state index contributed by atoms with van der Waals surface area (Å²) in [6.45, 7) is 1.72. The van der Waals surface area contributed by atoms with Gasteiger partial charge in [-0.15, -0.1) is 12.6 Å². The maximum Gasteiger partial charge on any atom is 0.408 e. The third-order valence-electron chi connectivity index (χ3n) is 5.02. The van der Waals surface area contributed by atoms with E-state index in [9.17, 15) is 18.0 Å². The Hall–Kier alpha value is -2.88. The van der Waals surface area contributed by atoms with Crippen LogP contribution >= 0.6 is 12.6 Å². The molecule has 30 heavy (non-hydrogen) atoms. The third kappa shape index (κ3) is 3.79. The summed E-state index contributed by atoms with van der Waals surface area (Å²) in [4.78, 5) is 21.3. The van der Waals surface area contributed by atoms with E-state index in [1.165, 1.54) is 6.39 Å². The van der Waals surface area contributed by atoms with Crippen LogP contribution in [0.1, 0.15) is 24.1 Å². The first-order valence-electron chi connectivity index (χ1n) is 9.16. The SMILES string of the molecule is Cc1cc(-c2cccc3ocnc23)nc(C(=N)C(=O)NC(C2CC2)C(F)(F)F)c1S. The number of aromatic nitrogens is 2. The zero-order valence-electron chi connectivity index (χ0n) is 15.7. The number of pyridine rings is 1. The lowest BCUT2D eigenvalue weighted by molar-refractivity contribution is -0.164. The highest BCUT2D eigenvalue weighted by Crippen LogP contribution is 2.40. The van der Waals surface area contributed by atoms with Crippen molar-refractivity contribution in [2.24, 2.45) is 5.92 Å². The fraction of sp³-hybridized carbons (Fsp3) is 0.300. The Morgan fingerprint density at radius 1 is 1.37 bits per heavy atom. The van der Waals surface area contributed by atoms with Crippen molar-refractivity contribution in [2.75, 3.05) is 0 Å². The van der Waals surface area contributed by atoms with E-state index >= 15 is 0 Å². The molecule has 2 aromatic heterocycles. The highest BCUT2D eigenvalue weighted by Gasteiger charge is 2.50. The van der Waals surface area contributed by atoms with E-state index < -0.39 is 29.8 Å². The summed E-state index contributed by atoms with van der Waals surface area (Å²) in [5.74, 6) is -1.79. The van der Waals surface area contributed by atoms with Gasteiger partial charge in [0.1, 0.15) is 23.0 Å². The Balaban J connectivity index is 1.69. The molecule has 0 bridgehead atoms. The van der Waals surface area contributed by atoms with Crippen LogP contribution in [-0.2, 0) is 4.79 Å². The molecule has 156 valence electrons. The Kier molecular flexibility index (Phi) is 5.05. The van der Waals surface area contributed by atoms with Gasteiger partial charge in [0.05, 0.1) is 5.69 Å². The number of carbonyl (C=O) groups is 1. The molecule has 1 atom stereocenters. The molecule has 1 fully saturated rings. The molecule has 1 saturated carbocycles. The number of nitrogens with zero attached hydrogens (tertiary/aromatic N) is 2. The molecule has 10 heteroatoms. The fourth-order valence-electron chi connectivity index (χ4n) is 3.29. The van der Waals surface area contributed by atoms with Gasteiger partial charge < -0.3 is 9.73 Å². The third-order valence-corrected chi connectivity index (χ3v) is 5.58. The van der Waals surface area contributed by atoms with Gasteiger partial charge in [0.15, 0.2) is 12.0 Å². The number of para-hydroxylation sites is 1. The van der Waals surface area contributed by atoms with E-state index in [1.54, 1.807) is 31.2 Å². The van der Waals surface area contributed by atoms with Crippen LogP contribution in [0.5, 0.6) is 0 Å². The number of fused-ring (bicyclic) bond motifs is 1. The molecule has 0 saturated heterocycles. The number of thiol groups is 1. The standard InChI is InChI=1S/C20H17F3N4O2S/c1-9-7-12(11-3-2-4-13-15(11)25-8-29-13)26-16(17(9)30)14(24)19(28)27-18(10-5-6-10)20(21,22)23/h2-4,7-8,10,18,24,30H,5-6H2,1H3,(H,27,28). The van der Waals surface area contributed by atoms with Crippen LogP contribution in [0.4, 0.5) is 13.2 Å². The van der Waals surface area contributed by atoms with Gasteiger partial charge in [-0.25, -0.2) is 9.97 Å². The zero-order valence-corrected chi connectivity index (χ0v) is 16.6. The van der Waals surface area contributed by atoms with E-state index in [4.69, 9.17) is 9.83 Å². The molecule has 0 aliphatic heterocycles. The number of nitrogens with one attached hydrogen (secondary N) is 2. The van der Waals surface area contributed by atoms with Crippen molar-refractivity contribution >= 4 is 35.3 Å². The van der Waals surface area contributed by atoms with Crippen LogP contribution in [0.3, 0.4) is 0 Å². The number of aryl methyl sites for hydroxylation is 1. The van der Waals surface area contributed by atoms with E-state index in [0.29, 0.717) is 40.8 Å². The number of rotatable bonds is 5. The van der Waals surface area contributed by atoms with Crippen molar-refractivity contribution in [2.45, 2.75) is 36.9 Å². The van der Waals surface area contributed by atoms with Gasteiger partial charge in [0.25, 0.3) is 5.91 Å². The molecule has 2 N–H and O–H groups in total. The number of halogens is 3. The highest BCUT2D eigenvalue weighted by molar-refractivity contribution is 7.80. The van der Waals surface area contributed by atoms with Gasteiger partial charge in [-0.05, 0) is 43.4 Å². The summed E-state index contributed by atoms with van der Waals surface area (Å²) in [5, 5.41) is 10.2. The van der Waals surface area contributed by atoms with Crippen molar-refractivity contribution in [1.82, 2.24) is 15.3 Å². The lowest BCUT2D eigenvalue weighted by atomic mass is 10.1. The van der Waals surface area contributed by atoms with Gasteiger partial charge >= 0.3 is 6.18 Å². The summed E-state index contributed by atoms with van der Waals surface area (Å²) >= 11 is 4.33. The molecule has 3 aromatic rings. The molecule has 1 amide bonds. The predicted octanol–water partition coefficient (Wildman–Crippen LogP) is 4.31. The number of carbonyl (C=O) groups excluding carboxylic acids is 1. The fourth-order valence-corrected chi connectivity index (χ4v) is 3.52. The van der Waals surface area contributed by atoms with Gasteiger partial charge in [-0.3, -0.25) is 10.2 Å². The number of oxazole rings is 1. The first-order chi connectivity index (χ1) is 14.2. The van der Waals surface area contributed by atoms with Crippen molar-refractivity contribution in [3.05, 3.63) is 41.9 Å². The van der Waals surface area contributed by atoms with Crippen molar-refractivity contribution in [1.29, 1.82) is 5.41 Å². The number of amides is 1. The van der Waals surface area contributed by atoms with Crippen LogP contribution < -0.4 is 5.32 Å². The first-order valence-corrected chi connectivity index (χ1v) is 9.61.